The number of fused-ring (bicyclic) bond motifs is 1. The third-order valence-electron chi connectivity index (χ3n) is 5.11. The highest BCUT2D eigenvalue weighted by molar-refractivity contribution is 5.79. The molecule has 130 valence electrons. The molecule has 1 aliphatic rings. The SMILES string of the molecule is CCNC(=NCC1(CC)CCC1)NCCc1nnc2ccccn12. The monoisotopic (exact) mass is 328 g/mol. The van der Waals surface area contributed by atoms with Crippen LogP contribution in [0.1, 0.15) is 45.4 Å². The van der Waals surface area contributed by atoms with Crippen LogP contribution in [-0.2, 0) is 6.42 Å². The number of hydrogen-bond donors (Lipinski definition) is 2. The van der Waals surface area contributed by atoms with Crippen LogP contribution in [0.4, 0.5) is 0 Å². The number of rotatable bonds is 7. The van der Waals surface area contributed by atoms with E-state index in [-0.39, 0.29) is 0 Å². The van der Waals surface area contributed by atoms with E-state index in [2.05, 4.69) is 34.7 Å². The van der Waals surface area contributed by atoms with E-state index in [0.29, 0.717) is 5.41 Å². The van der Waals surface area contributed by atoms with Gasteiger partial charge in [-0.15, -0.1) is 10.2 Å². The van der Waals surface area contributed by atoms with Gasteiger partial charge in [0.1, 0.15) is 5.82 Å². The van der Waals surface area contributed by atoms with Crippen LogP contribution >= 0.6 is 0 Å². The molecule has 2 aromatic heterocycles. The van der Waals surface area contributed by atoms with Crippen molar-refractivity contribution in [2.24, 2.45) is 10.4 Å². The Hall–Kier alpha value is -2.11. The van der Waals surface area contributed by atoms with Crippen LogP contribution in [0.5, 0.6) is 0 Å². The zero-order valence-electron chi connectivity index (χ0n) is 14.8. The number of nitrogens with zero attached hydrogens (tertiary/aromatic N) is 4. The van der Waals surface area contributed by atoms with Gasteiger partial charge in [0.2, 0.25) is 0 Å². The lowest BCUT2D eigenvalue weighted by Gasteiger charge is -2.40. The standard InChI is InChI=1S/C18H28N6/c1-3-18(10-7-11-18)14-21-17(19-4-2)20-12-9-16-23-22-15-8-5-6-13-24(15)16/h5-6,8,13H,3-4,7,9-12,14H2,1-2H3,(H2,19,20,21). The lowest BCUT2D eigenvalue weighted by molar-refractivity contribution is 0.139. The molecule has 1 fully saturated rings. The minimum atomic E-state index is 0.450. The third kappa shape index (κ3) is 3.68. The molecule has 0 radical (unpaired) electrons. The zero-order valence-corrected chi connectivity index (χ0v) is 14.8. The van der Waals surface area contributed by atoms with Crippen molar-refractivity contribution in [1.82, 2.24) is 25.2 Å². The maximum atomic E-state index is 4.81. The van der Waals surface area contributed by atoms with E-state index in [1.54, 1.807) is 0 Å². The van der Waals surface area contributed by atoms with Crippen LogP contribution in [0, 0.1) is 5.41 Å². The molecule has 0 aromatic carbocycles. The minimum Gasteiger partial charge on any atom is -0.357 e. The summed E-state index contributed by atoms with van der Waals surface area (Å²) in [7, 11) is 0. The fourth-order valence-electron chi connectivity index (χ4n) is 3.24. The molecule has 0 amide bonds. The first-order valence-electron chi connectivity index (χ1n) is 9.07. The molecule has 1 saturated carbocycles. The Bertz CT molecular complexity index is 680. The van der Waals surface area contributed by atoms with Gasteiger partial charge in [-0.2, -0.15) is 0 Å². The molecule has 0 aliphatic heterocycles. The van der Waals surface area contributed by atoms with E-state index in [1.165, 1.54) is 25.7 Å². The van der Waals surface area contributed by atoms with Crippen LogP contribution in [0.25, 0.3) is 5.65 Å². The van der Waals surface area contributed by atoms with Gasteiger partial charge in [-0.25, -0.2) is 0 Å². The molecule has 6 heteroatoms. The van der Waals surface area contributed by atoms with Crippen molar-refractivity contribution >= 4 is 11.6 Å². The molecule has 6 nitrogen and oxygen atoms in total. The molecule has 0 unspecified atom stereocenters. The number of aliphatic imine (C=N–C) groups is 1. The smallest absolute Gasteiger partial charge is 0.191 e. The fourth-order valence-corrected chi connectivity index (χ4v) is 3.24. The van der Waals surface area contributed by atoms with Crippen LogP contribution in [0.3, 0.4) is 0 Å². The summed E-state index contributed by atoms with van der Waals surface area (Å²) < 4.78 is 2.03. The summed E-state index contributed by atoms with van der Waals surface area (Å²) in [5.41, 5.74) is 1.34. The van der Waals surface area contributed by atoms with Gasteiger partial charge in [0.05, 0.1) is 0 Å². The van der Waals surface area contributed by atoms with Crippen molar-refractivity contribution in [2.45, 2.75) is 46.0 Å². The van der Waals surface area contributed by atoms with E-state index in [4.69, 9.17) is 4.99 Å². The molecule has 2 aromatic rings. The Morgan fingerprint density at radius 3 is 2.83 bits per heavy atom. The number of hydrogen-bond acceptors (Lipinski definition) is 3. The molecule has 0 atom stereocenters. The van der Waals surface area contributed by atoms with Gasteiger partial charge in [-0.05, 0) is 43.7 Å². The Balaban J connectivity index is 1.56. The third-order valence-corrected chi connectivity index (χ3v) is 5.11. The van der Waals surface area contributed by atoms with Gasteiger partial charge in [0.25, 0.3) is 0 Å². The van der Waals surface area contributed by atoms with Gasteiger partial charge in [0, 0.05) is 32.3 Å². The Morgan fingerprint density at radius 1 is 1.25 bits per heavy atom. The van der Waals surface area contributed by atoms with Gasteiger partial charge in [0.15, 0.2) is 11.6 Å². The highest BCUT2D eigenvalue weighted by Gasteiger charge is 2.34. The van der Waals surface area contributed by atoms with E-state index >= 15 is 0 Å². The number of pyridine rings is 1. The average molecular weight is 328 g/mol. The van der Waals surface area contributed by atoms with Gasteiger partial charge < -0.3 is 10.6 Å². The zero-order chi connectivity index (χ0) is 16.8. The summed E-state index contributed by atoms with van der Waals surface area (Å²) in [6.45, 7) is 6.97. The van der Waals surface area contributed by atoms with Crippen molar-refractivity contribution < 1.29 is 0 Å². The highest BCUT2D eigenvalue weighted by Crippen LogP contribution is 2.43. The lowest BCUT2D eigenvalue weighted by Crippen LogP contribution is -2.40. The lowest BCUT2D eigenvalue weighted by atomic mass is 9.67. The molecular weight excluding hydrogens is 300 g/mol. The van der Waals surface area contributed by atoms with Gasteiger partial charge >= 0.3 is 0 Å². The van der Waals surface area contributed by atoms with Crippen molar-refractivity contribution in [3.8, 4) is 0 Å². The summed E-state index contributed by atoms with van der Waals surface area (Å²) >= 11 is 0. The molecule has 2 heterocycles. The van der Waals surface area contributed by atoms with E-state index in [1.807, 2.05) is 28.8 Å². The molecule has 2 N–H and O–H groups in total. The minimum absolute atomic E-state index is 0.450. The summed E-state index contributed by atoms with van der Waals surface area (Å²) in [5, 5.41) is 15.2. The largest absolute Gasteiger partial charge is 0.357 e. The van der Waals surface area contributed by atoms with E-state index in [0.717, 1.165) is 43.5 Å². The number of nitrogens with one attached hydrogen (secondary N) is 2. The first-order chi connectivity index (χ1) is 11.8. The molecule has 24 heavy (non-hydrogen) atoms. The predicted molar refractivity (Wildman–Crippen MR) is 97.2 cm³/mol. The van der Waals surface area contributed by atoms with Crippen LogP contribution < -0.4 is 10.6 Å². The second-order valence-corrected chi connectivity index (χ2v) is 6.62. The van der Waals surface area contributed by atoms with Gasteiger partial charge in [-0.3, -0.25) is 9.39 Å². The molecule has 0 spiro atoms. The highest BCUT2D eigenvalue weighted by atomic mass is 15.2. The average Bonchev–Trinajstić information content (AvgIpc) is 2.97. The second kappa shape index (κ2) is 7.64. The summed E-state index contributed by atoms with van der Waals surface area (Å²) in [5.74, 6) is 1.88. The number of guanidine groups is 1. The van der Waals surface area contributed by atoms with Crippen molar-refractivity contribution in [1.29, 1.82) is 0 Å². The summed E-state index contributed by atoms with van der Waals surface area (Å²) in [4.78, 5) is 4.81. The summed E-state index contributed by atoms with van der Waals surface area (Å²) in [6.07, 6.45) is 8.03. The topological polar surface area (TPSA) is 66.6 Å². The van der Waals surface area contributed by atoms with Gasteiger partial charge in [-0.1, -0.05) is 19.4 Å². The normalized spacial score (nSPS) is 16.8. The van der Waals surface area contributed by atoms with E-state index < -0.39 is 0 Å². The maximum absolute atomic E-state index is 4.81. The van der Waals surface area contributed by atoms with Crippen LogP contribution in [0.15, 0.2) is 29.4 Å². The quantitative estimate of drug-likeness (QED) is 0.605. The van der Waals surface area contributed by atoms with E-state index in [9.17, 15) is 0 Å². The number of aromatic nitrogens is 3. The van der Waals surface area contributed by atoms with Crippen LogP contribution in [0.2, 0.25) is 0 Å². The van der Waals surface area contributed by atoms with Crippen molar-refractivity contribution in [3.05, 3.63) is 30.2 Å². The molecule has 3 rings (SSSR count). The van der Waals surface area contributed by atoms with Crippen molar-refractivity contribution in [3.63, 3.8) is 0 Å². The molecule has 0 bridgehead atoms. The van der Waals surface area contributed by atoms with Crippen molar-refractivity contribution in [2.75, 3.05) is 19.6 Å². The Morgan fingerprint density at radius 2 is 2.12 bits per heavy atom. The Labute approximate surface area is 143 Å². The summed E-state index contributed by atoms with van der Waals surface area (Å²) in [6, 6.07) is 5.95. The predicted octanol–water partition coefficient (Wildman–Crippen LogP) is 2.41. The fraction of sp³-hybridized carbons (Fsp3) is 0.611. The maximum Gasteiger partial charge on any atom is 0.191 e. The first kappa shape index (κ1) is 16.7. The molecule has 0 saturated heterocycles. The van der Waals surface area contributed by atoms with Crippen LogP contribution in [-0.4, -0.2) is 40.2 Å². The second-order valence-electron chi connectivity index (χ2n) is 6.62. The Kier molecular flexibility index (Phi) is 5.33. The molecular formula is C18H28N6. The first-order valence-corrected chi connectivity index (χ1v) is 9.07. The molecule has 1 aliphatic carbocycles.